The molecule has 0 aliphatic heterocycles. The number of carbonyl (C=O) groups is 1. The van der Waals surface area contributed by atoms with E-state index in [1.165, 1.54) is 0 Å². The molecule has 1 fully saturated rings. The second-order valence-electron chi connectivity index (χ2n) is 7.35. The fourth-order valence-electron chi connectivity index (χ4n) is 3.76. The van der Waals surface area contributed by atoms with Crippen LogP contribution in [0.15, 0.2) is 30.6 Å². The smallest absolute Gasteiger partial charge is 0.251 e. The maximum Gasteiger partial charge on any atom is 0.251 e. The van der Waals surface area contributed by atoms with Crippen molar-refractivity contribution in [2.75, 3.05) is 6.54 Å². The highest BCUT2D eigenvalue weighted by Gasteiger charge is 2.24. The molecule has 2 heterocycles. The molecule has 1 aliphatic carbocycles. The third-order valence-electron chi connectivity index (χ3n) is 5.40. The number of aromatic hydroxyl groups is 1. The number of rotatable bonds is 4. The van der Waals surface area contributed by atoms with Gasteiger partial charge in [0.15, 0.2) is 17.4 Å². The summed E-state index contributed by atoms with van der Waals surface area (Å²) >= 11 is 5.93. The van der Waals surface area contributed by atoms with Crippen LogP contribution in [0.5, 0.6) is 5.75 Å². The Bertz CT molecular complexity index is 1040. The van der Waals surface area contributed by atoms with Crippen LogP contribution in [0.4, 0.5) is 8.78 Å². The van der Waals surface area contributed by atoms with Crippen LogP contribution in [0.3, 0.4) is 0 Å². The van der Waals surface area contributed by atoms with Gasteiger partial charge in [-0.3, -0.25) is 9.48 Å². The first-order valence-corrected chi connectivity index (χ1v) is 9.75. The minimum Gasteiger partial charge on any atom is -0.503 e. The predicted octanol–water partition coefficient (Wildman–Crippen LogP) is 4.23. The van der Waals surface area contributed by atoms with Gasteiger partial charge in [-0.05, 0) is 49.8 Å². The zero-order valence-corrected chi connectivity index (χ0v) is 16.2. The van der Waals surface area contributed by atoms with Crippen LogP contribution < -0.4 is 5.32 Å². The number of pyridine rings is 1. The molecule has 152 valence electrons. The molecule has 0 atom stereocenters. The molecule has 2 N–H and O–H groups in total. The van der Waals surface area contributed by atoms with E-state index in [2.05, 4.69) is 15.4 Å². The molecule has 0 radical (unpaired) electrons. The number of fused-ring (bicyclic) bond motifs is 1. The Morgan fingerprint density at radius 2 is 1.90 bits per heavy atom. The average molecular weight is 421 g/mol. The fraction of sp³-hybridized carbons (Fsp3) is 0.350. The van der Waals surface area contributed by atoms with E-state index in [1.54, 1.807) is 12.3 Å². The average Bonchev–Trinajstić information content (AvgIpc) is 3.13. The number of hydrogen-bond acceptors (Lipinski definition) is 4. The van der Waals surface area contributed by atoms with Crippen molar-refractivity contribution in [1.82, 2.24) is 20.1 Å². The zero-order valence-electron chi connectivity index (χ0n) is 15.4. The molecular formula is C20H19ClF2N4O2. The molecule has 1 aromatic carbocycles. The van der Waals surface area contributed by atoms with Crippen molar-refractivity contribution in [3.8, 4) is 5.75 Å². The van der Waals surface area contributed by atoms with Crippen molar-refractivity contribution in [2.24, 2.45) is 5.92 Å². The number of aromatic nitrogens is 3. The van der Waals surface area contributed by atoms with E-state index < -0.39 is 23.3 Å². The quantitative estimate of drug-likeness (QED) is 0.619. The summed E-state index contributed by atoms with van der Waals surface area (Å²) in [5, 5.41) is 17.8. The standard InChI is InChI=1S/C20H19ClF2N4O2/c21-18-7-13-10-27(26-17(13)9-24-18)14-3-1-11(2-4-14)8-25-20(29)12-5-15(22)19(28)16(23)6-12/h5-7,9-11,14,28H,1-4,8H2,(H,25,29). The van der Waals surface area contributed by atoms with Crippen molar-refractivity contribution in [2.45, 2.75) is 31.7 Å². The number of hydrogen-bond donors (Lipinski definition) is 2. The van der Waals surface area contributed by atoms with Crippen molar-refractivity contribution in [3.63, 3.8) is 0 Å². The lowest BCUT2D eigenvalue weighted by atomic mass is 9.86. The van der Waals surface area contributed by atoms with Gasteiger partial charge in [-0.2, -0.15) is 5.10 Å². The summed E-state index contributed by atoms with van der Waals surface area (Å²) < 4.78 is 28.8. The Labute approximate surface area is 170 Å². The Kier molecular flexibility index (Phi) is 5.36. The van der Waals surface area contributed by atoms with Crippen molar-refractivity contribution in [1.29, 1.82) is 0 Å². The van der Waals surface area contributed by atoms with Gasteiger partial charge in [0.05, 0.1) is 12.2 Å². The van der Waals surface area contributed by atoms with Crippen LogP contribution in [-0.2, 0) is 0 Å². The number of amides is 1. The van der Waals surface area contributed by atoms with Crippen LogP contribution in [0.25, 0.3) is 10.9 Å². The summed E-state index contributed by atoms with van der Waals surface area (Å²) in [6.07, 6.45) is 7.26. The molecule has 9 heteroatoms. The van der Waals surface area contributed by atoms with Crippen molar-refractivity contribution >= 4 is 28.4 Å². The second kappa shape index (κ2) is 7.94. The summed E-state index contributed by atoms with van der Waals surface area (Å²) in [5.74, 6) is -3.67. The highest BCUT2D eigenvalue weighted by molar-refractivity contribution is 6.30. The molecule has 6 nitrogen and oxygen atoms in total. The lowest BCUT2D eigenvalue weighted by Crippen LogP contribution is -2.31. The highest BCUT2D eigenvalue weighted by atomic mass is 35.5. The van der Waals surface area contributed by atoms with E-state index in [0.717, 1.165) is 48.7 Å². The van der Waals surface area contributed by atoms with Gasteiger partial charge in [0.2, 0.25) is 0 Å². The summed E-state index contributed by atoms with van der Waals surface area (Å²) in [6, 6.07) is 3.71. The van der Waals surface area contributed by atoms with Crippen LogP contribution in [0.2, 0.25) is 5.15 Å². The summed E-state index contributed by atoms with van der Waals surface area (Å²) in [6.45, 7) is 0.427. The lowest BCUT2D eigenvalue weighted by Gasteiger charge is -2.28. The largest absolute Gasteiger partial charge is 0.503 e. The van der Waals surface area contributed by atoms with E-state index in [-0.39, 0.29) is 17.5 Å². The summed E-state index contributed by atoms with van der Waals surface area (Å²) in [7, 11) is 0. The number of phenols is 1. The van der Waals surface area contributed by atoms with E-state index >= 15 is 0 Å². The first-order chi connectivity index (χ1) is 13.9. The number of benzene rings is 1. The fourth-order valence-corrected chi connectivity index (χ4v) is 3.92. The summed E-state index contributed by atoms with van der Waals surface area (Å²) in [5.41, 5.74) is 0.652. The molecule has 1 saturated carbocycles. The van der Waals surface area contributed by atoms with E-state index in [1.807, 2.05) is 10.9 Å². The van der Waals surface area contributed by atoms with Gasteiger partial charge in [-0.15, -0.1) is 0 Å². The number of nitrogens with zero attached hydrogens (tertiary/aromatic N) is 3. The molecule has 29 heavy (non-hydrogen) atoms. The number of carbonyl (C=O) groups excluding carboxylic acids is 1. The Morgan fingerprint density at radius 3 is 2.59 bits per heavy atom. The lowest BCUT2D eigenvalue weighted by molar-refractivity contribution is 0.0940. The van der Waals surface area contributed by atoms with Gasteiger partial charge in [0.1, 0.15) is 10.7 Å². The maximum absolute atomic E-state index is 13.4. The Balaban J connectivity index is 1.32. The second-order valence-corrected chi connectivity index (χ2v) is 7.74. The van der Waals surface area contributed by atoms with Crippen molar-refractivity contribution < 1.29 is 18.7 Å². The third-order valence-corrected chi connectivity index (χ3v) is 5.60. The number of phenolic OH excluding ortho intramolecular Hbond substituents is 1. The van der Waals surface area contributed by atoms with Gasteiger partial charge in [0.25, 0.3) is 5.91 Å². The molecule has 3 aromatic rings. The number of halogens is 3. The van der Waals surface area contributed by atoms with Gasteiger partial charge in [0, 0.05) is 23.7 Å². The van der Waals surface area contributed by atoms with Crippen molar-refractivity contribution in [3.05, 3.63) is 52.9 Å². The molecule has 1 amide bonds. The van der Waals surface area contributed by atoms with Gasteiger partial charge in [-0.1, -0.05) is 11.6 Å². The molecule has 2 aromatic heterocycles. The molecular weight excluding hydrogens is 402 g/mol. The maximum atomic E-state index is 13.4. The highest BCUT2D eigenvalue weighted by Crippen LogP contribution is 2.32. The Hall–Kier alpha value is -2.74. The van der Waals surface area contributed by atoms with Crippen LogP contribution in [0.1, 0.15) is 42.1 Å². The summed E-state index contributed by atoms with van der Waals surface area (Å²) in [4.78, 5) is 16.2. The third kappa shape index (κ3) is 4.17. The minimum absolute atomic E-state index is 0.151. The SMILES string of the molecule is O=C(NCC1CCC(n2cc3cc(Cl)ncc3n2)CC1)c1cc(F)c(O)c(F)c1. The topological polar surface area (TPSA) is 80.0 Å². The number of nitrogens with one attached hydrogen (secondary N) is 1. The van der Waals surface area contributed by atoms with Gasteiger partial charge >= 0.3 is 0 Å². The van der Waals surface area contributed by atoms with E-state index in [9.17, 15) is 13.6 Å². The molecule has 0 unspecified atom stereocenters. The van der Waals surface area contributed by atoms with Crippen LogP contribution in [0, 0.1) is 17.6 Å². The molecule has 0 bridgehead atoms. The zero-order chi connectivity index (χ0) is 20.5. The Morgan fingerprint density at radius 1 is 1.21 bits per heavy atom. The predicted molar refractivity (Wildman–Crippen MR) is 104 cm³/mol. The van der Waals surface area contributed by atoms with E-state index in [4.69, 9.17) is 16.7 Å². The molecule has 0 saturated heterocycles. The van der Waals surface area contributed by atoms with Gasteiger partial charge in [-0.25, -0.2) is 13.8 Å². The molecule has 0 spiro atoms. The monoisotopic (exact) mass is 420 g/mol. The van der Waals surface area contributed by atoms with Crippen LogP contribution >= 0.6 is 11.6 Å². The minimum atomic E-state index is -1.15. The normalized spacial score (nSPS) is 19.4. The van der Waals surface area contributed by atoms with E-state index in [0.29, 0.717) is 11.7 Å². The van der Waals surface area contributed by atoms with Gasteiger partial charge < -0.3 is 10.4 Å². The molecule has 4 rings (SSSR count). The first-order valence-electron chi connectivity index (χ1n) is 9.37. The first kappa shape index (κ1) is 19.6. The van der Waals surface area contributed by atoms with Crippen LogP contribution in [-0.4, -0.2) is 32.3 Å². The molecule has 1 aliphatic rings.